The normalized spacial score (nSPS) is 10.5. The molecule has 0 aliphatic carbocycles. The fourth-order valence-electron chi connectivity index (χ4n) is 2.49. The van der Waals surface area contributed by atoms with Crippen LogP contribution in [0.5, 0.6) is 5.75 Å². The Labute approximate surface area is 158 Å². The summed E-state index contributed by atoms with van der Waals surface area (Å²) in [6.45, 7) is 1.51. The van der Waals surface area contributed by atoms with Crippen molar-refractivity contribution in [3.05, 3.63) is 58.3 Å². The number of benzene rings is 2. The molecule has 0 fully saturated rings. The Morgan fingerprint density at radius 3 is 2.82 bits per heavy atom. The third-order valence-electron chi connectivity index (χ3n) is 3.76. The van der Waals surface area contributed by atoms with Crippen molar-refractivity contribution < 1.29 is 24.0 Å². The van der Waals surface area contributed by atoms with Gasteiger partial charge in [-0.15, -0.1) is 0 Å². The molecule has 10 heteroatoms. The van der Waals surface area contributed by atoms with Gasteiger partial charge in [-0.3, -0.25) is 20.0 Å². The quantitative estimate of drug-likeness (QED) is 0.363. The van der Waals surface area contributed by atoms with Gasteiger partial charge in [0.1, 0.15) is 11.4 Å². The molecule has 0 radical (unpaired) electrons. The van der Waals surface area contributed by atoms with Crippen molar-refractivity contribution in [1.29, 1.82) is 0 Å². The van der Waals surface area contributed by atoms with Gasteiger partial charge in [0.05, 0.1) is 34.9 Å². The van der Waals surface area contributed by atoms with E-state index < -0.39 is 23.4 Å². The van der Waals surface area contributed by atoms with E-state index in [4.69, 9.17) is 9.47 Å². The topological polar surface area (TPSA) is 136 Å². The monoisotopic (exact) mass is 384 g/mol. The first-order valence-electron chi connectivity index (χ1n) is 8.29. The summed E-state index contributed by atoms with van der Waals surface area (Å²) in [6, 6.07) is 8.87. The second-order valence-corrected chi connectivity index (χ2v) is 5.67. The van der Waals surface area contributed by atoms with Gasteiger partial charge in [-0.2, -0.15) is 5.10 Å². The zero-order valence-corrected chi connectivity index (χ0v) is 14.8. The number of amides is 1. The maximum Gasteiger partial charge on any atom is 0.338 e. The van der Waals surface area contributed by atoms with Gasteiger partial charge in [-0.25, -0.2) is 4.79 Å². The zero-order valence-electron chi connectivity index (χ0n) is 14.8. The van der Waals surface area contributed by atoms with Crippen LogP contribution >= 0.6 is 0 Å². The van der Waals surface area contributed by atoms with Crippen LogP contribution in [-0.2, 0) is 9.53 Å². The van der Waals surface area contributed by atoms with E-state index in [2.05, 4.69) is 15.5 Å². The van der Waals surface area contributed by atoms with Crippen LogP contribution in [0.1, 0.15) is 17.3 Å². The number of aromatic amines is 1. The Hall–Kier alpha value is -3.95. The van der Waals surface area contributed by atoms with E-state index in [0.29, 0.717) is 17.9 Å². The van der Waals surface area contributed by atoms with Gasteiger partial charge in [-0.1, -0.05) is 6.07 Å². The average Bonchev–Trinajstić information content (AvgIpc) is 3.15. The van der Waals surface area contributed by atoms with Crippen molar-refractivity contribution in [2.24, 2.45) is 0 Å². The number of aromatic nitrogens is 2. The number of esters is 1. The van der Waals surface area contributed by atoms with Crippen molar-refractivity contribution in [3.8, 4) is 5.75 Å². The van der Waals surface area contributed by atoms with E-state index in [-0.39, 0.29) is 16.9 Å². The molecule has 0 spiro atoms. The SMILES string of the molecule is CCOc1ccc(NC(=O)COC(=O)c2ccc3cn[nH]c3c2)c([N+](=O)[O-])c1. The van der Waals surface area contributed by atoms with Crippen molar-refractivity contribution in [2.45, 2.75) is 6.92 Å². The molecule has 144 valence electrons. The Morgan fingerprint density at radius 1 is 1.25 bits per heavy atom. The lowest BCUT2D eigenvalue weighted by atomic mass is 10.2. The predicted octanol–water partition coefficient (Wildman–Crippen LogP) is 2.67. The van der Waals surface area contributed by atoms with E-state index in [1.807, 2.05) is 0 Å². The van der Waals surface area contributed by atoms with Gasteiger partial charge in [-0.05, 0) is 31.2 Å². The van der Waals surface area contributed by atoms with Crippen molar-refractivity contribution in [3.63, 3.8) is 0 Å². The smallest absolute Gasteiger partial charge is 0.338 e. The van der Waals surface area contributed by atoms with Gasteiger partial charge in [0, 0.05) is 5.39 Å². The fourth-order valence-corrected chi connectivity index (χ4v) is 2.49. The number of rotatable bonds is 7. The lowest BCUT2D eigenvalue weighted by molar-refractivity contribution is -0.384. The molecule has 0 aliphatic heterocycles. The fraction of sp³-hybridized carbons (Fsp3) is 0.167. The first-order chi connectivity index (χ1) is 13.5. The van der Waals surface area contributed by atoms with Crippen LogP contribution < -0.4 is 10.1 Å². The molecule has 1 heterocycles. The summed E-state index contributed by atoms with van der Waals surface area (Å²) >= 11 is 0. The average molecular weight is 384 g/mol. The lowest BCUT2D eigenvalue weighted by Crippen LogP contribution is -2.21. The molecular formula is C18H16N4O6. The van der Waals surface area contributed by atoms with Crippen molar-refractivity contribution in [1.82, 2.24) is 10.2 Å². The summed E-state index contributed by atoms with van der Waals surface area (Å²) in [7, 11) is 0. The van der Waals surface area contributed by atoms with Crippen LogP contribution in [0.2, 0.25) is 0 Å². The zero-order chi connectivity index (χ0) is 20.1. The molecular weight excluding hydrogens is 368 g/mol. The minimum Gasteiger partial charge on any atom is -0.494 e. The summed E-state index contributed by atoms with van der Waals surface area (Å²) < 4.78 is 10.2. The molecule has 0 saturated carbocycles. The summed E-state index contributed by atoms with van der Waals surface area (Å²) in [6.07, 6.45) is 1.61. The van der Waals surface area contributed by atoms with Gasteiger partial charge >= 0.3 is 5.97 Å². The van der Waals surface area contributed by atoms with Crippen molar-refractivity contribution in [2.75, 3.05) is 18.5 Å². The summed E-state index contributed by atoms with van der Waals surface area (Å²) in [4.78, 5) is 34.7. The predicted molar refractivity (Wildman–Crippen MR) is 99.3 cm³/mol. The number of nitrogens with zero attached hydrogens (tertiary/aromatic N) is 2. The number of nitro benzene ring substituents is 1. The molecule has 28 heavy (non-hydrogen) atoms. The molecule has 1 aromatic heterocycles. The number of carbonyl (C=O) groups is 2. The van der Waals surface area contributed by atoms with E-state index in [0.717, 1.165) is 5.39 Å². The summed E-state index contributed by atoms with van der Waals surface area (Å²) in [5.41, 5.74) is 0.559. The van der Waals surface area contributed by atoms with Crippen LogP contribution in [0.4, 0.5) is 11.4 Å². The number of H-pyrrole nitrogens is 1. The van der Waals surface area contributed by atoms with E-state index >= 15 is 0 Å². The maximum atomic E-state index is 12.1. The minimum atomic E-state index is -0.705. The van der Waals surface area contributed by atoms with Gasteiger partial charge in [0.15, 0.2) is 6.61 Å². The van der Waals surface area contributed by atoms with Crippen LogP contribution in [0.15, 0.2) is 42.6 Å². The second-order valence-electron chi connectivity index (χ2n) is 5.67. The molecule has 0 atom stereocenters. The Balaban J connectivity index is 1.63. The van der Waals surface area contributed by atoms with Crippen molar-refractivity contribution >= 4 is 34.2 Å². The molecule has 2 N–H and O–H groups in total. The number of carbonyl (C=O) groups excluding carboxylic acids is 2. The third kappa shape index (κ3) is 4.23. The highest BCUT2D eigenvalue weighted by molar-refractivity contribution is 5.98. The van der Waals surface area contributed by atoms with E-state index in [9.17, 15) is 19.7 Å². The Morgan fingerprint density at radius 2 is 2.07 bits per heavy atom. The number of hydrogen-bond acceptors (Lipinski definition) is 7. The Kier molecular flexibility index (Phi) is 5.49. The molecule has 3 rings (SSSR count). The molecule has 0 bridgehead atoms. The Bertz CT molecular complexity index is 1050. The molecule has 10 nitrogen and oxygen atoms in total. The van der Waals surface area contributed by atoms with E-state index in [1.54, 1.807) is 31.3 Å². The van der Waals surface area contributed by atoms with Crippen LogP contribution in [0.25, 0.3) is 10.9 Å². The number of nitrogens with one attached hydrogen (secondary N) is 2. The molecule has 1 amide bonds. The maximum absolute atomic E-state index is 12.1. The van der Waals surface area contributed by atoms with Gasteiger partial charge < -0.3 is 14.8 Å². The highest BCUT2D eigenvalue weighted by Crippen LogP contribution is 2.29. The molecule has 2 aromatic carbocycles. The molecule has 0 saturated heterocycles. The number of hydrogen-bond donors (Lipinski definition) is 2. The van der Waals surface area contributed by atoms with Crippen LogP contribution in [0.3, 0.4) is 0 Å². The van der Waals surface area contributed by atoms with Gasteiger partial charge in [0.25, 0.3) is 11.6 Å². The number of anilines is 1. The lowest BCUT2D eigenvalue weighted by Gasteiger charge is -2.09. The molecule has 0 aliphatic rings. The highest BCUT2D eigenvalue weighted by atomic mass is 16.6. The number of nitro groups is 1. The number of ether oxygens (including phenoxy) is 2. The summed E-state index contributed by atoms with van der Waals surface area (Å²) in [5, 5.41) is 21.0. The largest absolute Gasteiger partial charge is 0.494 e. The highest BCUT2D eigenvalue weighted by Gasteiger charge is 2.18. The van der Waals surface area contributed by atoms with Gasteiger partial charge in [0.2, 0.25) is 0 Å². The first-order valence-corrected chi connectivity index (χ1v) is 8.29. The van der Waals surface area contributed by atoms with Crippen LogP contribution in [0, 0.1) is 10.1 Å². The molecule has 3 aromatic rings. The van der Waals surface area contributed by atoms with E-state index in [1.165, 1.54) is 18.2 Å². The summed E-state index contributed by atoms with van der Waals surface area (Å²) in [5.74, 6) is -1.09. The number of fused-ring (bicyclic) bond motifs is 1. The standard InChI is InChI=1S/C18H16N4O6/c1-2-27-13-5-6-14(16(8-13)22(25)26)20-17(23)10-28-18(24)11-3-4-12-9-19-21-15(12)7-11/h3-9H,2,10H2,1H3,(H,19,21)(H,20,23). The first kappa shape index (κ1) is 18.8. The third-order valence-corrected chi connectivity index (χ3v) is 3.76. The molecule has 0 unspecified atom stereocenters. The second kappa shape index (κ2) is 8.16. The minimum absolute atomic E-state index is 0.0200. The van der Waals surface area contributed by atoms with Crippen LogP contribution in [-0.4, -0.2) is 40.2 Å².